The Balaban J connectivity index is 2.34. The summed E-state index contributed by atoms with van der Waals surface area (Å²) in [5.41, 5.74) is 2.62. The summed E-state index contributed by atoms with van der Waals surface area (Å²) in [6.45, 7) is 4.28. The molecule has 15 heavy (non-hydrogen) atoms. The molecule has 0 amide bonds. The van der Waals surface area contributed by atoms with Gasteiger partial charge in [-0.15, -0.1) is 0 Å². The van der Waals surface area contributed by atoms with Crippen LogP contribution in [0.2, 0.25) is 0 Å². The zero-order valence-corrected chi connectivity index (χ0v) is 9.29. The fourth-order valence-corrected chi connectivity index (χ4v) is 2.00. The van der Waals surface area contributed by atoms with E-state index >= 15 is 0 Å². The molecular formula is C14H16O. The van der Waals surface area contributed by atoms with Gasteiger partial charge in [-0.25, -0.2) is 0 Å². The van der Waals surface area contributed by atoms with E-state index in [9.17, 15) is 4.79 Å². The van der Waals surface area contributed by atoms with Gasteiger partial charge in [-0.2, -0.15) is 0 Å². The summed E-state index contributed by atoms with van der Waals surface area (Å²) < 4.78 is 0. The molecule has 0 bridgehead atoms. The lowest BCUT2D eigenvalue weighted by Gasteiger charge is -2.29. The highest BCUT2D eigenvalue weighted by atomic mass is 16.1. The van der Waals surface area contributed by atoms with Crippen molar-refractivity contribution < 1.29 is 4.79 Å². The molecule has 1 atom stereocenters. The normalized spacial score (nSPS) is 25.6. The third-order valence-corrected chi connectivity index (χ3v) is 3.24. The summed E-state index contributed by atoms with van der Waals surface area (Å²) in [6, 6.07) is 8.58. The lowest BCUT2D eigenvalue weighted by atomic mass is 9.75. The minimum absolute atomic E-state index is 0.0433. The van der Waals surface area contributed by atoms with Crippen LogP contribution in [-0.2, 0) is 10.2 Å². The van der Waals surface area contributed by atoms with Gasteiger partial charge < -0.3 is 0 Å². The van der Waals surface area contributed by atoms with E-state index in [4.69, 9.17) is 0 Å². The number of benzene rings is 1. The number of ketones is 1. The number of allylic oxidation sites excluding steroid dienone is 2. The molecule has 0 aliphatic heterocycles. The summed E-state index contributed by atoms with van der Waals surface area (Å²) in [7, 11) is 0. The predicted octanol–water partition coefficient (Wildman–Crippen LogP) is 3.17. The fraction of sp³-hybridized carbons (Fsp3) is 0.357. The lowest BCUT2D eigenvalue weighted by Crippen LogP contribution is -2.23. The van der Waals surface area contributed by atoms with Gasteiger partial charge in [-0.3, -0.25) is 4.79 Å². The van der Waals surface area contributed by atoms with E-state index < -0.39 is 0 Å². The number of carbonyl (C=O) groups is 1. The van der Waals surface area contributed by atoms with Gasteiger partial charge in [-0.05, 0) is 25.0 Å². The quantitative estimate of drug-likeness (QED) is 0.680. The van der Waals surface area contributed by atoms with Gasteiger partial charge in [0.25, 0.3) is 0 Å². The van der Waals surface area contributed by atoms with Crippen LogP contribution in [0.4, 0.5) is 0 Å². The van der Waals surface area contributed by atoms with Crippen molar-refractivity contribution in [3.8, 4) is 0 Å². The Bertz CT molecular complexity index is 400. The average molecular weight is 200 g/mol. The largest absolute Gasteiger partial charge is 0.295 e. The molecule has 0 N–H and O–H groups in total. The first-order valence-corrected chi connectivity index (χ1v) is 5.39. The van der Waals surface area contributed by atoms with Gasteiger partial charge in [0.15, 0.2) is 5.78 Å². The average Bonchev–Trinajstić information content (AvgIpc) is 2.24. The van der Waals surface area contributed by atoms with E-state index in [1.165, 1.54) is 11.1 Å². The maximum Gasteiger partial charge on any atom is 0.155 e. The van der Waals surface area contributed by atoms with Gasteiger partial charge in [0.2, 0.25) is 0 Å². The Labute approximate surface area is 90.8 Å². The van der Waals surface area contributed by atoms with E-state index in [1.54, 1.807) is 6.08 Å². The SMILES string of the molecule is Cc1ccc([C@]2(C)C=CC(=O)CC2)cc1. The number of aryl methyl sites for hydroxylation is 1. The molecule has 1 aromatic rings. The highest BCUT2D eigenvalue weighted by Gasteiger charge is 2.27. The van der Waals surface area contributed by atoms with Crippen LogP contribution < -0.4 is 0 Å². The second-order valence-corrected chi connectivity index (χ2v) is 4.58. The van der Waals surface area contributed by atoms with Crippen molar-refractivity contribution in [2.75, 3.05) is 0 Å². The summed E-state index contributed by atoms with van der Waals surface area (Å²) >= 11 is 0. The van der Waals surface area contributed by atoms with Crippen LogP contribution in [0.3, 0.4) is 0 Å². The van der Waals surface area contributed by atoms with Crippen molar-refractivity contribution in [2.24, 2.45) is 0 Å². The molecule has 0 aromatic heterocycles. The maximum absolute atomic E-state index is 11.1. The second kappa shape index (κ2) is 3.65. The van der Waals surface area contributed by atoms with Crippen molar-refractivity contribution >= 4 is 5.78 Å². The van der Waals surface area contributed by atoms with Gasteiger partial charge in [0.05, 0.1) is 0 Å². The Morgan fingerprint density at radius 2 is 1.87 bits per heavy atom. The van der Waals surface area contributed by atoms with E-state index in [0.29, 0.717) is 6.42 Å². The third-order valence-electron chi connectivity index (χ3n) is 3.24. The third kappa shape index (κ3) is 2.01. The molecule has 1 heteroatoms. The predicted molar refractivity (Wildman–Crippen MR) is 61.9 cm³/mol. The first-order valence-electron chi connectivity index (χ1n) is 5.39. The number of carbonyl (C=O) groups excluding carboxylic acids is 1. The Morgan fingerprint density at radius 3 is 2.40 bits per heavy atom. The zero-order valence-electron chi connectivity index (χ0n) is 9.29. The van der Waals surface area contributed by atoms with E-state index in [-0.39, 0.29) is 11.2 Å². The zero-order chi connectivity index (χ0) is 10.9. The second-order valence-electron chi connectivity index (χ2n) is 4.58. The van der Waals surface area contributed by atoms with E-state index in [2.05, 4.69) is 38.1 Å². The van der Waals surface area contributed by atoms with Crippen molar-refractivity contribution in [2.45, 2.75) is 32.1 Å². The van der Waals surface area contributed by atoms with Crippen LogP contribution in [0.15, 0.2) is 36.4 Å². The molecule has 1 aliphatic rings. The first-order chi connectivity index (χ1) is 7.10. The van der Waals surface area contributed by atoms with E-state index in [0.717, 1.165) is 6.42 Å². The van der Waals surface area contributed by atoms with Crippen molar-refractivity contribution in [3.63, 3.8) is 0 Å². The molecule has 0 radical (unpaired) electrons. The van der Waals surface area contributed by atoms with Crippen LogP contribution in [0.25, 0.3) is 0 Å². The minimum atomic E-state index is 0.0433. The van der Waals surface area contributed by atoms with Crippen molar-refractivity contribution in [3.05, 3.63) is 47.5 Å². The molecule has 0 saturated carbocycles. The van der Waals surface area contributed by atoms with Gasteiger partial charge in [-0.1, -0.05) is 42.8 Å². The standard InChI is InChI=1S/C14H16O/c1-11-3-5-12(6-4-11)14(2)9-7-13(15)8-10-14/h3-7,9H,8,10H2,1-2H3/t14-/m1/s1. The molecule has 1 aromatic carbocycles. The van der Waals surface area contributed by atoms with Gasteiger partial charge in [0.1, 0.15) is 0 Å². The fourth-order valence-electron chi connectivity index (χ4n) is 2.00. The molecule has 0 fully saturated rings. The molecule has 78 valence electrons. The van der Waals surface area contributed by atoms with E-state index in [1.807, 2.05) is 6.08 Å². The number of rotatable bonds is 1. The molecule has 2 rings (SSSR count). The van der Waals surface area contributed by atoms with Crippen molar-refractivity contribution in [1.82, 2.24) is 0 Å². The summed E-state index contributed by atoms with van der Waals surface area (Å²) in [6.07, 6.45) is 5.36. The molecule has 0 spiro atoms. The monoisotopic (exact) mass is 200 g/mol. The lowest BCUT2D eigenvalue weighted by molar-refractivity contribution is -0.115. The van der Waals surface area contributed by atoms with Crippen LogP contribution in [0.1, 0.15) is 30.9 Å². The molecule has 1 nitrogen and oxygen atoms in total. The summed E-state index contributed by atoms with van der Waals surface area (Å²) in [4.78, 5) is 11.1. The molecular weight excluding hydrogens is 184 g/mol. The Morgan fingerprint density at radius 1 is 1.20 bits per heavy atom. The molecule has 0 unspecified atom stereocenters. The molecule has 1 aliphatic carbocycles. The van der Waals surface area contributed by atoms with Crippen molar-refractivity contribution in [1.29, 1.82) is 0 Å². The van der Waals surface area contributed by atoms with Gasteiger partial charge >= 0.3 is 0 Å². The van der Waals surface area contributed by atoms with Crippen LogP contribution >= 0.6 is 0 Å². The van der Waals surface area contributed by atoms with Gasteiger partial charge in [0, 0.05) is 11.8 Å². The molecule has 0 saturated heterocycles. The van der Waals surface area contributed by atoms with Crippen LogP contribution in [-0.4, -0.2) is 5.78 Å². The highest BCUT2D eigenvalue weighted by molar-refractivity contribution is 5.91. The van der Waals surface area contributed by atoms with Crippen LogP contribution in [0.5, 0.6) is 0 Å². The number of hydrogen-bond donors (Lipinski definition) is 0. The molecule has 0 heterocycles. The summed E-state index contributed by atoms with van der Waals surface area (Å²) in [5.74, 6) is 0.250. The number of hydrogen-bond acceptors (Lipinski definition) is 1. The highest BCUT2D eigenvalue weighted by Crippen LogP contribution is 2.33. The van der Waals surface area contributed by atoms with Crippen LogP contribution in [0, 0.1) is 6.92 Å². The Hall–Kier alpha value is -1.37. The Kier molecular flexibility index (Phi) is 2.47. The summed E-state index contributed by atoms with van der Waals surface area (Å²) in [5, 5.41) is 0. The minimum Gasteiger partial charge on any atom is -0.295 e. The first kappa shape index (κ1) is 10.2. The maximum atomic E-state index is 11.1. The smallest absolute Gasteiger partial charge is 0.155 e. The topological polar surface area (TPSA) is 17.1 Å².